The number of hydrogen-bond acceptors (Lipinski definition) is 3. The Labute approximate surface area is 130 Å². The molecule has 0 saturated carbocycles. The van der Waals surface area contributed by atoms with Crippen molar-refractivity contribution in [3.8, 4) is 0 Å². The van der Waals surface area contributed by atoms with Gasteiger partial charge in [-0.15, -0.1) is 6.58 Å². The molecule has 0 aromatic heterocycles. The third kappa shape index (κ3) is 5.23. The van der Waals surface area contributed by atoms with Gasteiger partial charge in [-0.25, -0.2) is 17.5 Å². The molecule has 22 heavy (non-hydrogen) atoms. The van der Waals surface area contributed by atoms with Crippen molar-refractivity contribution in [1.82, 2.24) is 10.0 Å². The lowest BCUT2D eigenvalue weighted by Crippen LogP contribution is -2.27. The Morgan fingerprint density at radius 3 is 2.73 bits per heavy atom. The van der Waals surface area contributed by atoms with Crippen LogP contribution in [0.2, 0.25) is 0 Å². The van der Waals surface area contributed by atoms with Crippen LogP contribution in [-0.4, -0.2) is 27.4 Å². The Kier molecular flexibility index (Phi) is 7.20. The first-order valence-electron chi connectivity index (χ1n) is 7.10. The van der Waals surface area contributed by atoms with E-state index in [0.29, 0.717) is 6.54 Å². The molecule has 1 rings (SSSR count). The van der Waals surface area contributed by atoms with E-state index in [1.165, 1.54) is 12.1 Å². The van der Waals surface area contributed by atoms with E-state index in [1.807, 2.05) is 0 Å². The van der Waals surface area contributed by atoms with Crippen LogP contribution in [0.15, 0.2) is 35.7 Å². The summed E-state index contributed by atoms with van der Waals surface area (Å²) in [5, 5.41) is 2.68. The van der Waals surface area contributed by atoms with Crippen LogP contribution in [0.4, 0.5) is 4.39 Å². The van der Waals surface area contributed by atoms with Gasteiger partial charge in [-0.1, -0.05) is 25.8 Å². The highest BCUT2D eigenvalue weighted by Crippen LogP contribution is 2.16. The smallest absolute Gasteiger partial charge is 0.251 e. The third-order valence-corrected chi connectivity index (χ3v) is 4.41. The predicted octanol–water partition coefficient (Wildman–Crippen LogP) is 2.21. The lowest BCUT2D eigenvalue weighted by atomic mass is 10.2. The quantitative estimate of drug-likeness (QED) is 0.539. The maximum Gasteiger partial charge on any atom is 0.251 e. The number of amides is 1. The Bertz CT molecular complexity index is 630. The first-order chi connectivity index (χ1) is 10.4. The number of rotatable bonds is 9. The molecule has 0 aliphatic heterocycles. The van der Waals surface area contributed by atoms with Gasteiger partial charge in [0.1, 0.15) is 10.7 Å². The van der Waals surface area contributed by atoms with Crippen LogP contribution in [-0.2, 0) is 10.0 Å². The molecule has 1 aromatic carbocycles. The fourth-order valence-electron chi connectivity index (χ4n) is 1.78. The van der Waals surface area contributed by atoms with E-state index in [4.69, 9.17) is 0 Å². The van der Waals surface area contributed by atoms with E-state index >= 15 is 0 Å². The first-order valence-corrected chi connectivity index (χ1v) is 8.59. The molecule has 0 aliphatic carbocycles. The van der Waals surface area contributed by atoms with Crippen molar-refractivity contribution in [2.75, 3.05) is 13.1 Å². The van der Waals surface area contributed by atoms with Crippen molar-refractivity contribution < 1.29 is 17.6 Å². The van der Waals surface area contributed by atoms with Crippen LogP contribution in [0.25, 0.3) is 0 Å². The number of nitrogens with one attached hydrogen (secondary N) is 2. The molecule has 0 saturated heterocycles. The Balaban J connectivity index is 2.89. The topological polar surface area (TPSA) is 75.3 Å². The average Bonchev–Trinajstić information content (AvgIpc) is 2.49. The highest BCUT2D eigenvalue weighted by molar-refractivity contribution is 7.89. The Morgan fingerprint density at radius 1 is 1.36 bits per heavy atom. The van der Waals surface area contributed by atoms with Gasteiger partial charge in [0, 0.05) is 18.7 Å². The number of halogens is 1. The fourth-order valence-corrected chi connectivity index (χ4v) is 2.88. The molecule has 0 heterocycles. The summed E-state index contributed by atoms with van der Waals surface area (Å²) in [7, 11) is -4.01. The van der Waals surface area contributed by atoms with E-state index in [-0.39, 0.29) is 12.1 Å². The van der Waals surface area contributed by atoms with Crippen LogP contribution in [0, 0.1) is 5.82 Å². The maximum absolute atomic E-state index is 13.7. The summed E-state index contributed by atoms with van der Waals surface area (Å²) in [5.41, 5.74) is 0.108. The minimum Gasteiger partial charge on any atom is -0.352 e. The second kappa shape index (κ2) is 8.65. The van der Waals surface area contributed by atoms with Gasteiger partial charge in [0.05, 0.1) is 0 Å². The summed E-state index contributed by atoms with van der Waals surface area (Å²) in [6.45, 7) is 5.92. The number of sulfonamides is 1. The second-order valence-corrected chi connectivity index (χ2v) is 6.48. The van der Waals surface area contributed by atoms with Gasteiger partial charge in [0.25, 0.3) is 5.91 Å². The molecule has 1 amide bonds. The minimum absolute atomic E-state index is 0.0186. The van der Waals surface area contributed by atoms with Gasteiger partial charge in [-0.2, -0.15) is 0 Å². The first kappa shape index (κ1) is 18.3. The molecule has 7 heteroatoms. The molecule has 5 nitrogen and oxygen atoms in total. The maximum atomic E-state index is 13.7. The van der Waals surface area contributed by atoms with Crippen molar-refractivity contribution in [1.29, 1.82) is 0 Å². The van der Waals surface area contributed by atoms with Gasteiger partial charge < -0.3 is 5.32 Å². The van der Waals surface area contributed by atoms with Gasteiger partial charge in [0.2, 0.25) is 10.0 Å². The predicted molar refractivity (Wildman–Crippen MR) is 83.6 cm³/mol. The summed E-state index contributed by atoms with van der Waals surface area (Å²) >= 11 is 0. The highest BCUT2D eigenvalue weighted by Gasteiger charge is 2.20. The Hall–Kier alpha value is -1.73. The van der Waals surface area contributed by atoms with Gasteiger partial charge in [0.15, 0.2) is 0 Å². The number of unbranched alkanes of at least 4 members (excludes halogenated alkanes) is 2. The monoisotopic (exact) mass is 328 g/mol. The number of hydrogen-bond donors (Lipinski definition) is 2. The molecule has 0 fully saturated rings. The Morgan fingerprint density at radius 2 is 2.09 bits per heavy atom. The second-order valence-electron chi connectivity index (χ2n) is 4.75. The van der Waals surface area contributed by atoms with Crippen LogP contribution in [0.3, 0.4) is 0 Å². The zero-order chi connectivity index (χ0) is 16.6. The zero-order valence-corrected chi connectivity index (χ0v) is 13.4. The van der Waals surface area contributed by atoms with Crippen molar-refractivity contribution in [2.45, 2.75) is 31.1 Å². The summed E-state index contributed by atoms with van der Waals surface area (Å²) < 4.78 is 39.8. The molecular formula is C15H21FN2O3S. The van der Waals surface area contributed by atoms with Crippen molar-refractivity contribution >= 4 is 15.9 Å². The highest BCUT2D eigenvalue weighted by atomic mass is 32.2. The zero-order valence-electron chi connectivity index (χ0n) is 12.6. The molecule has 0 aliphatic rings. The fraction of sp³-hybridized carbons (Fsp3) is 0.400. The van der Waals surface area contributed by atoms with Crippen LogP contribution >= 0.6 is 0 Å². The van der Waals surface area contributed by atoms with Crippen LogP contribution in [0.1, 0.15) is 36.5 Å². The lowest BCUT2D eigenvalue weighted by molar-refractivity contribution is 0.0952. The summed E-state index contributed by atoms with van der Waals surface area (Å²) in [4.78, 5) is 11.4. The minimum atomic E-state index is -4.01. The number of carbonyl (C=O) groups is 1. The molecule has 122 valence electrons. The van der Waals surface area contributed by atoms with E-state index in [2.05, 4.69) is 23.5 Å². The summed E-state index contributed by atoms with van der Waals surface area (Å²) in [6, 6.07) is 3.27. The largest absolute Gasteiger partial charge is 0.352 e. The van der Waals surface area contributed by atoms with Gasteiger partial charge in [-0.3, -0.25) is 4.79 Å². The van der Waals surface area contributed by atoms with Crippen molar-refractivity contribution in [3.05, 3.63) is 42.2 Å². The molecule has 0 atom stereocenters. The normalized spacial score (nSPS) is 11.2. The molecule has 0 spiro atoms. The standard InChI is InChI=1S/C15H21FN2O3S/c1-3-5-6-10-17-15(19)12-7-8-13(16)14(11-12)22(20,21)18-9-4-2/h4,7-8,11,18H,2-3,5-6,9-10H2,1H3,(H,17,19). The van der Waals surface area contributed by atoms with Crippen molar-refractivity contribution in [2.24, 2.45) is 0 Å². The van der Waals surface area contributed by atoms with E-state index in [9.17, 15) is 17.6 Å². The van der Waals surface area contributed by atoms with E-state index in [1.54, 1.807) is 0 Å². The number of carbonyl (C=O) groups excluding carboxylic acids is 1. The third-order valence-electron chi connectivity index (χ3n) is 2.97. The molecule has 1 aromatic rings. The molecular weight excluding hydrogens is 307 g/mol. The lowest BCUT2D eigenvalue weighted by Gasteiger charge is -2.09. The SMILES string of the molecule is C=CCNS(=O)(=O)c1cc(C(=O)NCCCCC)ccc1F. The van der Waals surface area contributed by atoms with Crippen molar-refractivity contribution in [3.63, 3.8) is 0 Å². The summed E-state index contributed by atoms with van der Waals surface area (Å²) in [6.07, 6.45) is 4.22. The average molecular weight is 328 g/mol. The van der Waals surface area contributed by atoms with Crippen LogP contribution in [0.5, 0.6) is 0 Å². The molecule has 0 bridgehead atoms. The number of benzene rings is 1. The molecule has 2 N–H and O–H groups in total. The molecule has 0 unspecified atom stereocenters. The van der Waals surface area contributed by atoms with Crippen LogP contribution < -0.4 is 10.0 Å². The van der Waals surface area contributed by atoms with Gasteiger partial charge in [-0.05, 0) is 24.6 Å². The summed E-state index contributed by atoms with van der Waals surface area (Å²) in [5.74, 6) is -1.32. The van der Waals surface area contributed by atoms with E-state index < -0.39 is 26.6 Å². The van der Waals surface area contributed by atoms with Gasteiger partial charge >= 0.3 is 0 Å². The van der Waals surface area contributed by atoms with E-state index in [0.717, 1.165) is 31.4 Å². The molecule has 0 radical (unpaired) electrons.